The molecule has 0 aliphatic rings. The lowest BCUT2D eigenvalue weighted by atomic mass is 10.1. The molecule has 21 heavy (non-hydrogen) atoms. The van der Waals surface area contributed by atoms with Crippen LogP contribution in [0.2, 0.25) is 0 Å². The molecule has 5 nitrogen and oxygen atoms in total. The van der Waals surface area contributed by atoms with Crippen molar-refractivity contribution in [1.29, 1.82) is 0 Å². The second-order valence-corrected chi connectivity index (χ2v) is 4.38. The predicted octanol–water partition coefficient (Wildman–Crippen LogP) is 1.91. The highest BCUT2D eigenvalue weighted by atomic mass is 19.1. The number of phenols is 1. The fraction of sp³-hybridized carbons (Fsp3) is 0.0667. The van der Waals surface area contributed by atoms with Gasteiger partial charge in [0.15, 0.2) is 0 Å². The molecular formula is C15H13FN2O3. The number of aromatic hydroxyl groups is 1. The van der Waals surface area contributed by atoms with Crippen LogP contribution in [0.5, 0.6) is 5.75 Å². The van der Waals surface area contributed by atoms with Crippen LogP contribution in [0, 0.1) is 12.7 Å². The molecule has 0 atom stereocenters. The van der Waals surface area contributed by atoms with Crippen molar-refractivity contribution in [2.24, 2.45) is 0 Å². The number of hydrogen-bond acceptors (Lipinski definition) is 3. The van der Waals surface area contributed by atoms with E-state index in [9.17, 15) is 19.1 Å². The Hall–Kier alpha value is -2.89. The highest BCUT2D eigenvalue weighted by Crippen LogP contribution is 2.15. The number of halogens is 1. The SMILES string of the molecule is Cc1ccc(F)cc1C(=O)NNC(=O)c1ccccc1O. The van der Waals surface area contributed by atoms with Gasteiger partial charge in [0, 0.05) is 5.56 Å². The normalized spacial score (nSPS) is 10.0. The van der Waals surface area contributed by atoms with Gasteiger partial charge in [-0.15, -0.1) is 0 Å². The van der Waals surface area contributed by atoms with Gasteiger partial charge in [-0.3, -0.25) is 20.4 Å². The first-order chi connectivity index (χ1) is 9.99. The Balaban J connectivity index is 2.06. The average molecular weight is 288 g/mol. The number of hydrazine groups is 1. The van der Waals surface area contributed by atoms with Crippen molar-refractivity contribution in [2.45, 2.75) is 6.92 Å². The minimum atomic E-state index is -0.671. The van der Waals surface area contributed by atoms with Crippen LogP contribution < -0.4 is 10.9 Å². The Labute approximate surface area is 120 Å². The molecule has 0 saturated heterocycles. The van der Waals surface area contributed by atoms with Gasteiger partial charge in [0.05, 0.1) is 5.56 Å². The molecule has 2 aromatic rings. The quantitative estimate of drug-likeness (QED) is 0.739. The largest absolute Gasteiger partial charge is 0.507 e. The molecule has 0 heterocycles. The summed E-state index contributed by atoms with van der Waals surface area (Å²) in [7, 11) is 0. The zero-order valence-electron chi connectivity index (χ0n) is 11.2. The van der Waals surface area contributed by atoms with E-state index in [0.717, 1.165) is 6.07 Å². The van der Waals surface area contributed by atoms with Gasteiger partial charge in [-0.05, 0) is 36.8 Å². The number of amides is 2. The minimum Gasteiger partial charge on any atom is -0.507 e. The molecular weight excluding hydrogens is 275 g/mol. The summed E-state index contributed by atoms with van der Waals surface area (Å²) in [6, 6.07) is 9.70. The van der Waals surface area contributed by atoms with E-state index in [-0.39, 0.29) is 16.9 Å². The molecule has 0 bridgehead atoms. The van der Waals surface area contributed by atoms with Crippen molar-refractivity contribution in [1.82, 2.24) is 10.9 Å². The molecule has 0 saturated carbocycles. The fourth-order valence-electron chi connectivity index (χ4n) is 1.75. The van der Waals surface area contributed by atoms with Gasteiger partial charge in [-0.2, -0.15) is 0 Å². The summed E-state index contributed by atoms with van der Waals surface area (Å²) in [4.78, 5) is 23.7. The van der Waals surface area contributed by atoms with E-state index in [0.29, 0.717) is 5.56 Å². The number of nitrogens with one attached hydrogen (secondary N) is 2. The van der Waals surface area contributed by atoms with Crippen LogP contribution >= 0.6 is 0 Å². The van der Waals surface area contributed by atoms with Gasteiger partial charge in [0.2, 0.25) is 0 Å². The first kappa shape index (κ1) is 14.5. The van der Waals surface area contributed by atoms with Crippen LogP contribution in [-0.4, -0.2) is 16.9 Å². The van der Waals surface area contributed by atoms with Crippen molar-refractivity contribution in [3.8, 4) is 5.75 Å². The summed E-state index contributed by atoms with van der Waals surface area (Å²) in [5, 5.41) is 9.52. The Bertz CT molecular complexity index is 701. The Kier molecular flexibility index (Phi) is 4.18. The number of benzene rings is 2. The van der Waals surface area contributed by atoms with Gasteiger partial charge in [0.1, 0.15) is 11.6 Å². The molecule has 0 aromatic heterocycles. The molecule has 0 aliphatic heterocycles. The van der Waals surface area contributed by atoms with E-state index in [1.165, 1.54) is 24.3 Å². The van der Waals surface area contributed by atoms with Crippen LogP contribution in [0.25, 0.3) is 0 Å². The van der Waals surface area contributed by atoms with Crippen molar-refractivity contribution in [3.05, 3.63) is 65.0 Å². The van der Waals surface area contributed by atoms with E-state index in [1.807, 2.05) is 0 Å². The topological polar surface area (TPSA) is 78.4 Å². The standard InChI is InChI=1S/C15H13FN2O3/c1-9-6-7-10(16)8-12(9)15(21)18-17-14(20)11-4-2-3-5-13(11)19/h2-8,19H,1H3,(H,17,20)(H,18,21). The maximum Gasteiger partial charge on any atom is 0.273 e. The lowest BCUT2D eigenvalue weighted by molar-refractivity contribution is 0.0844. The van der Waals surface area contributed by atoms with Crippen LogP contribution in [0.15, 0.2) is 42.5 Å². The number of para-hydroxylation sites is 1. The van der Waals surface area contributed by atoms with Crippen LogP contribution in [0.3, 0.4) is 0 Å². The summed E-state index contributed by atoms with van der Waals surface area (Å²) in [5.74, 6) is -2.06. The first-order valence-corrected chi connectivity index (χ1v) is 6.14. The lowest BCUT2D eigenvalue weighted by Crippen LogP contribution is -2.41. The molecule has 0 spiro atoms. The van der Waals surface area contributed by atoms with Crippen LogP contribution in [0.4, 0.5) is 4.39 Å². The summed E-state index contributed by atoms with van der Waals surface area (Å²) >= 11 is 0. The highest BCUT2D eigenvalue weighted by Gasteiger charge is 2.13. The lowest BCUT2D eigenvalue weighted by Gasteiger charge is -2.10. The van der Waals surface area contributed by atoms with Gasteiger partial charge < -0.3 is 5.11 Å². The second-order valence-electron chi connectivity index (χ2n) is 4.38. The van der Waals surface area contributed by atoms with Crippen LogP contribution in [-0.2, 0) is 0 Å². The van der Waals surface area contributed by atoms with E-state index >= 15 is 0 Å². The number of rotatable bonds is 2. The number of phenolic OH excluding ortho intramolecular Hbond substituents is 1. The second kappa shape index (κ2) is 6.04. The molecule has 0 aliphatic carbocycles. The van der Waals surface area contributed by atoms with Gasteiger partial charge in [0.25, 0.3) is 11.8 Å². The Morgan fingerprint density at radius 2 is 1.62 bits per heavy atom. The summed E-state index contributed by atoms with van der Waals surface area (Å²) in [6.45, 7) is 1.65. The molecule has 0 fully saturated rings. The summed E-state index contributed by atoms with van der Waals surface area (Å²) < 4.78 is 13.1. The maximum absolute atomic E-state index is 13.1. The summed E-state index contributed by atoms with van der Waals surface area (Å²) in [5.41, 5.74) is 5.05. The molecule has 0 radical (unpaired) electrons. The Morgan fingerprint density at radius 1 is 1.00 bits per heavy atom. The fourth-order valence-corrected chi connectivity index (χ4v) is 1.75. The number of aryl methyl sites for hydroxylation is 1. The maximum atomic E-state index is 13.1. The van der Waals surface area contributed by atoms with Crippen molar-refractivity contribution >= 4 is 11.8 Å². The molecule has 6 heteroatoms. The number of carbonyl (C=O) groups is 2. The zero-order chi connectivity index (χ0) is 15.4. The smallest absolute Gasteiger partial charge is 0.273 e. The third-order valence-corrected chi connectivity index (χ3v) is 2.88. The molecule has 108 valence electrons. The van der Waals surface area contributed by atoms with E-state index < -0.39 is 17.6 Å². The Morgan fingerprint density at radius 3 is 2.29 bits per heavy atom. The minimum absolute atomic E-state index is 0.0220. The van der Waals surface area contributed by atoms with Gasteiger partial charge in [-0.1, -0.05) is 18.2 Å². The van der Waals surface area contributed by atoms with E-state index in [1.54, 1.807) is 19.1 Å². The highest BCUT2D eigenvalue weighted by molar-refractivity contribution is 6.00. The zero-order valence-corrected chi connectivity index (χ0v) is 11.2. The van der Waals surface area contributed by atoms with Crippen molar-refractivity contribution in [2.75, 3.05) is 0 Å². The monoisotopic (exact) mass is 288 g/mol. The molecule has 3 N–H and O–H groups in total. The van der Waals surface area contributed by atoms with E-state index in [2.05, 4.69) is 10.9 Å². The summed E-state index contributed by atoms with van der Waals surface area (Å²) in [6.07, 6.45) is 0. The third kappa shape index (κ3) is 3.36. The third-order valence-electron chi connectivity index (χ3n) is 2.88. The molecule has 2 rings (SSSR count). The molecule has 2 aromatic carbocycles. The first-order valence-electron chi connectivity index (χ1n) is 6.14. The molecule has 0 unspecified atom stereocenters. The number of carbonyl (C=O) groups excluding carboxylic acids is 2. The van der Waals surface area contributed by atoms with Crippen molar-refractivity contribution in [3.63, 3.8) is 0 Å². The van der Waals surface area contributed by atoms with E-state index in [4.69, 9.17) is 0 Å². The van der Waals surface area contributed by atoms with Crippen molar-refractivity contribution < 1.29 is 19.1 Å². The van der Waals surface area contributed by atoms with Crippen LogP contribution in [0.1, 0.15) is 26.3 Å². The molecule has 2 amide bonds. The number of hydrogen-bond donors (Lipinski definition) is 3. The predicted molar refractivity (Wildman–Crippen MR) is 74.2 cm³/mol. The van der Waals surface area contributed by atoms with Gasteiger partial charge in [-0.25, -0.2) is 4.39 Å². The van der Waals surface area contributed by atoms with Gasteiger partial charge >= 0.3 is 0 Å². The average Bonchev–Trinajstić information content (AvgIpc) is 2.47.